The van der Waals surface area contributed by atoms with Crippen LogP contribution in [0.2, 0.25) is 0 Å². The molecule has 0 saturated heterocycles. The van der Waals surface area contributed by atoms with Crippen LogP contribution in [0.1, 0.15) is 0 Å². The van der Waals surface area contributed by atoms with Gasteiger partial charge in [-0.05, 0) is 0 Å². The number of hydrogen-bond donors (Lipinski definition) is 0. The van der Waals surface area contributed by atoms with E-state index < -0.39 is 0 Å². The lowest BCUT2D eigenvalue weighted by molar-refractivity contribution is 0.830. The molecule has 3 rings (SSSR count). The van der Waals surface area contributed by atoms with Crippen molar-refractivity contribution in [2.24, 2.45) is 0 Å². The lowest BCUT2D eigenvalue weighted by Crippen LogP contribution is -1.96. The van der Waals surface area contributed by atoms with Crippen LogP contribution >= 0.6 is 0 Å². The van der Waals surface area contributed by atoms with Crippen molar-refractivity contribution >= 4 is 0 Å². The zero-order valence-electron chi connectivity index (χ0n) is 11.2. The molecule has 0 N–H and O–H groups in total. The van der Waals surface area contributed by atoms with Gasteiger partial charge >= 0.3 is 0 Å². The average molecular weight is 260 g/mol. The Labute approximate surface area is 119 Å². The Bertz CT molecular complexity index is 697. The van der Waals surface area contributed by atoms with Crippen molar-refractivity contribution in [3.63, 3.8) is 0 Å². The van der Waals surface area contributed by atoms with Gasteiger partial charge in [0.25, 0.3) is 0 Å². The summed E-state index contributed by atoms with van der Waals surface area (Å²) in [6, 6.07) is 20.6. The smallest absolute Gasteiger partial charge is 0.0963 e. The van der Waals surface area contributed by atoms with E-state index >= 15 is 0 Å². The molecule has 0 saturated carbocycles. The molecule has 20 heavy (non-hydrogen) atoms. The third kappa shape index (κ3) is 2.28. The van der Waals surface area contributed by atoms with E-state index in [2.05, 4.69) is 52.5 Å². The molecule has 0 radical (unpaired) electrons. The molecule has 3 aromatic rings. The first-order valence-corrected chi connectivity index (χ1v) is 6.67. The standard InChI is InChI=1S/C18H16N2/c1-2-13-20-14-19-17(15-9-5-3-6-10-15)18(20)16-11-7-4-8-12-16/h2-12,14H,1,13H2. The largest absolute Gasteiger partial charge is 0.326 e. The topological polar surface area (TPSA) is 17.8 Å². The third-order valence-electron chi connectivity index (χ3n) is 3.26. The molecule has 2 aromatic carbocycles. The summed E-state index contributed by atoms with van der Waals surface area (Å²) < 4.78 is 2.13. The van der Waals surface area contributed by atoms with E-state index in [1.54, 1.807) is 0 Å². The molecule has 0 amide bonds. The molecule has 0 fully saturated rings. The van der Waals surface area contributed by atoms with Gasteiger partial charge in [-0.15, -0.1) is 6.58 Å². The highest BCUT2D eigenvalue weighted by atomic mass is 15.1. The molecule has 1 heterocycles. The zero-order valence-corrected chi connectivity index (χ0v) is 11.2. The Morgan fingerprint density at radius 1 is 0.900 bits per heavy atom. The van der Waals surface area contributed by atoms with Gasteiger partial charge in [-0.1, -0.05) is 66.7 Å². The maximum Gasteiger partial charge on any atom is 0.0963 e. The van der Waals surface area contributed by atoms with Crippen LogP contribution in [0.4, 0.5) is 0 Å². The fourth-order valence-electron chi connectivity index (χ4n) is 2.37. The van der Waals surface area contributed by atoms with Crippen LogP contribution in [0, 0.1) is 0 Å². The van der Waals surface area contributed by atoms with Gasteiger partial charge in [0.1, 0.15) is 0 Å². The second-order valence-electron chi connectivity index (χ2n) is 4.61. The first-order chi connectivity index (χ1) is 9.90. The highest BCUT2D eigenvalue weighted by Gasteiger charge is 2.13. The molecule has 1 aromatic heterocycles. The van der Waals surface area contributed by atoms with Gasteiger partial charge in [0.05, 0.1) is 17.7 Å². The number of allylic oxidation sites excluding steroid dienone is 1. The molecule has 2 heteroatoms. The van der Waals surface area contributed by atoms with E-state index in [0.29, 0.717) is 0 Å². The van der Waals surface area contributed by atoms with Crippen LogP contribution < -0.4 is 0 Å². The van der Waals surface area contributed by atoms with E-state index in [4.69, 9.17) is 0 Å². The van der Waals surface area contributed by atoms with Crippen LogP contribution in [0.25, 0.3) is 22.5 Å². The van der Waals surface area contributed by atoms with Crippen molar-refractivity contribution in [2.45, 2.75) is 6.54 Å². The normalized spacial score (nSPS) is 10.4. The average Bonchev–Trinajstić information content (AvgIpc) is 2.93. The fraction of sp³-hybridized carbons (Fsp3) is 0.0556. The summed E-state index contributed by atoms with van der Waals surface area (Å²) in [6.45, 7) is 4.58. The molecule has 2 nitrogen and oxygen atoms in total. The second kappa shape index (κ2) is 5.57. The van der Waals surface area contributed by atoms with E-state index in [-0.39, 0.29) is 0 Å². The number of benzene rings is 2. The van der Waals surface area contributed by atoms with E-state index in [1.165, 1.54) is 5.56 Å². The Kier molecular flexibility index (Phi) is 3.46. The summed E-state index contributed by atoms with van der Waals surface area (Å²) in [7, 11) is 0. The highest BCUT2D eigenvalue weighted by Crippen LogP contribution is 2.30. The van der Waals surface area contributed by atoms with Gasteiger partial charge in [0.2, 0.25) is 0 Å². The van der Waals surface area contributed by atoms with Gasteiger partial charge < -0.3 is 4.57 Å². The fourth-order valence-corrected chi connectivity index (χ4v) is 2.37. The first kappa shape index (κ1) is 12.4. The van der Waals surface area contributed by atoms with E-state index in [9.17, 15) is 0 Å². The number of hydrogen-bond acceptors (Lipinski definition) is 1. The van der Waals surface area contributed by atoms with Crippen LogP contribution in [0.3, 0.4) is 0 Å². The Hall–Kier alpha value is -2.61. The summed E-state index contributed by atoms with van der Waals surface area (Å²) in [5, 5.41) is 0. The Morgan fingerprint density at radius 3 is 2.10 bits per heavy atom. The minimum absolute atomic E-state index is 0.754. The lowest BCUT2D eigenvalue weighted by atomic mass is 10.0. The number of imidazole rings is 1. The molecule has 0 aliphatic rings. The molecule has 0 bridgehead atoms. The van der Waals surface area contributed by atoms with Crippen molar-refractivity contribution in [1.82, 2.24) is 9.55 Å². The van der Waals surface area contributed by atoms with Crippen LogP contribution in [-0.2, 0) is 6.54 Å². The van der Waals surface area contributed by atoms with E-state index in [1.807, 2.05) is 36.7 Å². The quantitative estimate of drug-likeness (QED) is 0.636. The molecular formula is C18H16N2. The minimum atomic E-state index is 0.754. The molecule has 0 aliphatic carbocycles. The molecule has 98 valence electrons. The van der Waals surface area contributed by atoms with Gasteiger partial charge in [0.15, 0.2) is 0 Å². The van der Waals surface area contributed by atoms with E-state index in [0.717, 1.165) is 23.5 Å². The predicted octanol–water partition coefficient (Wildman–Crippen LogP) is 4.40. The molecule has 0 unspecified atom stereocenters. The van der Waals surface area contributed by atoms with Gasteiger partial charge in [0, 0.05) is 17.7 Å². The Balaban J connectivity index is 2.19. The van der Waals surface area contributed by atoms with Crippen molar-refractivity contribution in [2.75, 3.05) is 0 Å². The van der Waals surface area contributed by atoms with Crippen molar-refractivity contribution in [1.29, 1.82) is 0 Å². The summed E-state index contributed by atoms with van der Waals surface area (Å²) in [6.07, 6.45) is 3.77. The summed E-state index contributed by atoms with van der Waals surface area (Å²) >= 11 is 0. The molecule has 0 spiro atoms. The lowest BCUT2D eigenvalue weighted by Gasteiger charge is -2.08. The SMILES string of the molecule is C=CCn1cnc(-c2ccccc2)c1-c1ccccc1. The molecular weight excluding hydrogens is 244 g/mol. The first-order valence-electron chi connectivity index (χ1n) is 6.67. The molecule has 0 aliphatic heterocycles. The van der Waals surface area contributed by atoms with Crippen LogP contribution in [0.15, 0.2) is 79.6 Å². The number of nitrogens with zero attached hydrogens (tertiary/aromatic N) is 2. The summed E-state index contributed by atoms with van der Waals surface area (Å²) in [5.41, 5.74) is 4.45. The minimum Gasteiger partial charge on any atom is -0.326 e. The monoisotopic (exact) mass is 260 g/mol. The Morgan fingerprint density at radius 2 is 1.50 bits per heavy atom. The van der Waals surface area contributed by atoms with Gasteiger partial charge in [-0.2, -0.15) is 0 Å². The number of aromatic nitrogens is 2. The predicted molar refractivity (Wildman–Crippen MR) is 83.3 cm³/mol. The highest BCUT2D eigenvalue weighted by molar-refractivity contribution is 5.78. The summed E-state index contributed by atoms with van der Waals surface area (Å²) in [4.78, 5) is 4.60. The second-order valence-corrected chi connectivity index (χ2v) is 4.61. The molecule has 0 atom stereocenters. The maximum absolute atomic E-state index is 4.60. The van der Waals surface area contributed by atoms with Crippen LogP contribution in [-0.4, -0.2) is 9.55 Å². The third-order valence-corrected chi connectivity index (χ3v) is 3.26. The number of rotatable bonds is 4. The zero-order chi connectivity index (χ0) is 13.8. The maximum atomic E-state index is 4.60. The van der Waals surface area contributed by atoms with Crippen molar-refractivity contribution < 1.29 is 0 Å². The van der Waals surface area contributed by atoms with Crippen molar-refractivity contribution in [3.05, 3.63) is 79.6 Å². The van der Waals surface area contributed by atoms with Gasteiger partial charge in [-0.3, -0.25) is 0 Å². The van der Waals surface area contributed by atoms with Crippen molar-refractivity contribution in [3.8, 4) is 22.5 Å². The summed E-state index contributed by atoms with van der Waals surface area (Å²) in [5.74, 6) is 0. The van der Waals surface area contributed by atoms with Gasteiger partial charge in [-0.25, -0.2) is 4.98 Å². The van der Waals surface area contributed by atoms with Crippen LogP contribution in [0.5, 0.6) is 0 Å².